The first-order valence-corrected chi connectivity index (χ1v) is 7.91. The topological polar surface area (TPSA) is 58.4 Å². The molecule has 1 atom stereocenters. The Balaban J connectivity index is 2.75. The van der Waals surface area contributed by atoms with Crippen molar-refractivity contribution in [2.24, 2.45) is 5.73 Å². The molecule has 118 valence electrons. The molecule has 1 aromatic carbocycles. The molecule has 0 aromatic heterocycles. The number of nitrogens with zero attached hydrogens (tertiary/aromatic N) is 1. The molecule has 1 rings (SSSR count). The van der Waals surface area contributed by atoms with E-state index >= 15 is 0 Å². The quantitative estimate of drug-likeness (QED) is 0.687. The Bertz CT molecular complexity index is 417. The van der Waals surface area contributed by atoms with E-state index in [0.717, 1.165) is 38.0 Å². The van der Waals surface area contributed by atoms with Gasteiger partial charge in [0, 0.05) is 18.8 Å². The molecule has 0 saturated carbocycles. The van der Waals surface area contributed by atoms with E-state index in [9.17, 15) is 4.79 Å². The van der Waals surface area contributed by atoms with E-state index in [0.29, 0.717) is 6.54 Å². The summed E-state index contributed by atoms with van der Waals surface area (Å²) in [7, 11) is 0. The Morgan fingerprint density at radius 1 is 1.29 bits per heavy atom. The van der Waals surface area contributed by atoms with Gasteiger partial charge in [0.05, 0.1) is 0 Å². The maximum atomic E-state index is 12.3. The summed E-state index contributed by atoms with van der Waals surface area (Å²) in [5, 5.41) is 3.01. The predicted molar refractivity (Wildman–Crippen MR) is 89.6 cm³/mol. The molecule has 1 aromatic rings. The molecule has 0 saturated heterocycles. The molecule has 21 heavy (non-hydrogen) atoms. The van der Waals surface area contributed by atoms with Crippen LogP contribution >= 0.6 is 0 Å². The second-order valence-corrected chi connectivity index (χ2v) is 5.49. The molecule has 0 bridgehead atoms. The Labute approximate surface area is 128 Å². The third kappa shape index (κ3) is 5.76. The van der Waals surface area contributed by atoms with Crippen LogP contribution in [-0.4, -0.2) is 31.6 Å². The lowest BCUT2D eigenvalue weighted by Gasteiger charge is -2.30. The van der Waals surface area contributed by atoms with Crippen LogP contribution in [0.2, 0.25) is 0 Å². The molecule has 3 N–H and O–H groups in total. The van der Waals surface area contributed by atoms with Crippen LogP contribution in [0.1, 0.15) is 38.7 Å². The molecule has 0 fully saturated rings. The third-order valence-electron chi connectivity index (χ3n) is 3.65. The van der Waals surface area contributed by atoms with Crippen LogP contribution in [-0.2, 0) is 4.79 Å². The highest BCUT2D eigenvalue weighted by atomic mass is 16.2. The highest BCUT2D eigenvalue weighted by molar-refractivity contribution is 5.84. The maximum absolute atomic E-state index is 12.3. The first-order valence-electron chi connectivity index (χ1n) is 7.91. The zero-order chi connectivity index (χ0) is 15.7. The SMILES string of the molecule is CCCCNC(=O)C(C)N(CCCN)c1ccc(C)cc1. The van der Waals surface area contributed by atoms with Gasteiger partial charge in [-0.15, -0.1) is 0 Å². The number of carbonyl (C=O) groups excluding carboxylic acids is 1. The first-order chi connectivity index (χ1) is 10.1. The number of amides is 1. The monoisotopic (exact) mass is 291 g/mol. The minimum atomic E-state index is -0.184. The van der Waals surface area contributed by atoms with Crippen molar-refractivity contribution in [3.63, 3.8) is 0 Å². The fraction of sp³-hybridized carbons (Fsp3) is 0.588. The molecule has 0 radical (unpaired) electrons. The van der Waals surface area contributed by atoms with E-state index < -0.39 is 0 Å². The van der Waals surface area contributed by atoms with E-state index in [4.69, 9.17) is 5.73 Å². The van der Waals surface area contributed by atoms with Crippen LogP contribution in [0.3, 0.4) is 0 Å². The molecular formula is C17H29N3O. The summed E-state index contributed by atoms with van der Waals surface area (Å²) >= 11 is 0. The number of benzene rings is 1. The average Bonchev–Trinajstić information content (AvgIpc) is 2.49. The van der Waals surface area contributed by atoms with Crippen molar-refractivity contribution < 1.29 is 4.79 Å². The molecule has 0 aliphatic rings. The molecule has 0 spiro atoms. The van der Waals surface area contributed by atoms with Crippen molar-refractivity contribution in [2.75, 3.05) is 24.5 Å². The van der Waals surface area contributed by atoms with Gasteiger partial charge in [-0.3, -0.25) is 4.79 Å². The van der Waals surface area contributed by atoms with Gasteiger partial charge >= 0.3 is 0 Å². The number of nitrogens with two attached hydrogens (primary N) is 1. The Morgan fingerprint density at radius 2 is 1.95 bits per heavy atom. The molecule has 4 nitrogen and oxygen atoms in total. The zero-order valence-electron chi connectivity index (χ0n) is 13.6. The van der Waals surface area contributed by atoms with Crippen LogP contribution in [0.15, 0.2) is 24.3 Å². The minimum absolute atomic E-state index is 0.0843. The van der Waals surface area contributed by atoms with Gasteiger partial charge in [-0.05, 0) is 45.4 Å². The van der Waals surface area contributed by atoms with Gasteiger partial charge in [-0.2, -0.15) is 0 Å². The third-order valence-corrected chi connectivity index (χ3v) is 3.65. The fourth-order valence-electron chi connectivity index (χ4n) is 2.22. The summed E-state index contributed by atoms with van der Waals surface area (Å²) in [4.78, 5) is 14.4. The number of nitrogens with one attached hydrogen (secondary N) is 1. The van der Waals surface area contributed by atoms with E-state index in [1.54, 1.807) is 0 Å². The predicted octanol–water partition coefficient (Wildman–Crippen LogP) is 2.46. The number of hydrogen-bond donors (Lipinski definition) is 2. The van der Waals surface area contributed by atoms with E-state index in [2.05, 4.69) is 48.3 Å². The molecule has 1 unspecified atom stereocenters. The molecule has 1 amide bonds. The van der Waals surface area contributed by atoms with Gasteiger partial charge in [0.25, 0.3) is 0 Å². The number of rotatable bonds is 9. The van der Waals surface area contributed by atoms with Gasteiger partial charge in [-0.1, -0.05) is 31.0 Å². The van der Waals surface area contributed by atoms with E-state index in [1.807, 2.05) is 6.92 Å². The number of unbranched alkanes of at least 4 members (excludes halogenated alkanes) is 1. The summed E-state index contributed by atoms with van der Waals surface area (Å²) in [5.41, 5.74) is 7.92. The van der Waals surface area contributed by atoms with Crippen LogP contribution in [0.5, 0.6) is 0 Å². The second-order valence-electron chi connectivity index (χ2n) is 5.49. The summed E-state index contributed by atoms with van der Waals surface area (Å²) < 4.78 is 0. The lowest BCUT2D eigenvalue weighted by Crippen LogP contribution is -2.46. The molecule has 4 heteroatoms. The zero-order valence-corrected chi connectivity index (χ0v) is 13.6. The second kappa shape index (κ2) is 9.40. The Morgan fingerprint density at radius 3 is 2.52 bits per heavy atom. The van der Waals surface area contributed by atoms with Gasteiger partial charge in [0.2, 0.25) is 5.91 Å². The van der Waals surface area contributed by atoms with Crippen LogP contribution in [0.25, 0.3) is 0 Å². The molecule has 0 aliphatic carbocycles. The number of aryl methyl sites for hydroxylation is 1. The maximum Gasteiger partial charge on any atom is 0.242 e. The highest BCUT2D eigenvalue weighted by Gasteiger charge is 2.20. The Kier molecular flexibility index (Phi) is 7.83. The fourth-order valence-corrected chi connectivity index (χ4v) is 2.22. The normalized spacial score (nSPS) is 12.0. The van der Waals surface area contributed by atoms with Crippen molar-refractivity contribution in [1.29, 1.82) is 0 Å². The van der Waals surface area contributed by atoms with Gasteiger partial charge in [-0.25, -0.2) is 0 Å². The van der Waals surface area contributed by atoms with Crippen LogP contribution in [0, 0.1) is 6.92 Å². The van der Waals surface area contributed by atoms with Crippen LogP contribution < -0.4 is 16.0 Å². The molecule has 0 aliphatic heterocycles. The van der Waals surface area contributed by atoms with E-state index in [-0.39, 0.29) is 11.9 Å². The van der Waals surface area contributed by atoms with E-state index in [1.165, 1.54) is 5.56 Å². The van der Waals surface area contributed by atoms with Gasteiger partial charge < -0.3 is 16.0 Å². The summed E-state index contributed by atoms with van der Waals surface area (Å²) in [6.07, 6.45) is 2.98. The summed E-state index contributed by atoms with van der Waals surface area (Å²) in [5.74, 6) is 0.0843. The van der Waals surface area contributed by atoms with Gasteiger partial charge in [0.15, 0.2) is 0 Å². The van der Waals surface area contributed by atoms with Gasteiger partial charge in [0.1, 0.15) is 6.04 Å². The van der Waals surface area contributed by atoms with Crippen LogP contribution in [0.4, 0.5) is 5.69 Å². The van der Waals surface area contributed by atoms with Crippen molar-refractivity contribution in [1.82, 2.24) is 5.32 Å². The van der Waals surface area contributed by atoms with Crippen molar-refractivity contribution >= 4 is 11.6 Å². The number of anilines is 1. The summed E-state index contributed by atoms with van der Waals surface area (Å²) in [6.45, 7) is 8.31. The lowest BCUT2D eigenvalue weighted by molar-refractivity contribution is -0.122. The highest BCUT2D eigenvalue weighted by Crippen LogP contribution is 2.18. The smallest absolute Gasteiger partial charge is 0.242 e. The molecule has 0 heterocycles. The first kappa shape index (κ1) is 17.5. The molecular weight excluding hydrogens is 262 g/mol. The Hall–Kier alpha value is -1.55. The minimum Gasteiger partial charge on any atom is -0.360 e. The van der Waals surface area contributed by atoms with Crippen molar-refractivity contribution in [3.8, 4) is 0 Å². The summed E-state index contributed by atoms with van der Waals surface area (Å²) in [6, 6.07) is 8.11. The van der Waals surface area contributed by atoms with Crippen molar-refractivity contribution in [3.05, 3.63) is 29.8 Å². The largest absolute Gasteiger partial charge is 0.360 e. The lowest BCUT2D eigenvalue weighted by atomic mass is 10.1. The van der Waals surface area contributed by atoms with Crippen molar-refractivity contribution in [2.45, 2.75) is 46.1 Å². The average molecular weight is 291 g/mol. The standard InChI is InChI=1S/C17H29N3O/c1-4-5-12-19-17(21)15(3)20(13-6-11-18)16-9-7-14(2)8-10-16/h7-10,15H,4-6,11-13,18H2,1-3H3,(H,19,21). The number of carbonyl (C=O) groups is 1. The number of hydrogen-bond acceptors (Lipinski definition) is 3.